The van der Waals surface area contributed by atoms with E-state index in [9.17, 15) is 9.59 Å². The van der Waals surface area contributed by atoms with Crippen LogP contribution in [0.25, 0.3) is 0 Å². The van der Waals surface area contributed by atoms with Gasteiger partial charge in [-0.3, -0.25) is 0 Å². The summed E-state index contributed by atoms with van der Waals surface area (Å²) in [5.41, 5.74) is 3.76. The van der Waals surface area contributed by atoms with E-state index in [1.807, 2.05) is 53.4 Å². The Labute approximate surface area is 184 Å². The molecule has 2 aromatic rings. The van der Waals surface area contributed by atoms with Gasteiger partial charge in [0.25, 0.3) is 0 Å². The second-order valence-corrected chi connectivity index (χ2v) is 7.70. The van der Waals surface area contributed by atoms with Crippen molar-refractivity contribution in [2.24, 2.45) is 0 Å². The molecule has 2 aromatic carbocycles. The highest BCUT2D eigenvalue weighted by Gasteiger charge is 2.21. The van der Waals surface area contributed by atoms with Gasteiger partial charge < -0.3 is 25.8 Å². The van der Waals surface area contributed by atoms with Crippen molar-refractivity contribution in [3.05, 3.63) is 54.1 Å². The summed E-state index contributed by atoms with van der Waals surface area (Å²) < 4.78 is 0. The van der Waals surface area contributed by atoms with Gasteiger partial charge in [0, 0.05) is 49.8 Å². The third kappa shape index (κ3) is 6.38. The molecule has 0 aliphatic carbocycles. The quantitative estimate of drug-likeness (QED) is 0.573. The van der Waals surface area contributed by atoms with Crippen LogP contribution in [0.4, 0.5) is 26.7 Å². The number of nitrogens with one attached hydrogen (secondary N) is 3. The van der Waals surface area contributed by atoms with Crippen LogP contribution < -0.4 is 20.9 Å². The Kier molecular flexibility index (Phi) is 8.15. The first-order valence-electron chi connectivity index (χ1n) is 11.1. The van der Waals surface area contributed by atoms with Crippen LogP contribution in [0.1, 0.15) is 32.3 Å². The average molecular weight is 424 g/mol. The number of para-hydroxylation sites is 1. The largest absolute Gasteiger partial charge is 0.368 e. The van der Waals surface area contributed by atoms with E-state index in [2.05, 4.69) is 34.7 Å². The molecule has 1 heterocycles. The van der Waals surface area contributed by atoms with Gasteiger partial charge in [0.1, 0.15) is 0 Å². The molecular formula is C24H33N5O2. The van der Waals surface area contributed by atoms with E-state index in [1.54, 1.807) is 0 Å². The summed E-state index contributed by atoms with van der Waals surface area (Å²) in [6.45, 7) is 7.92. The maximum Gasteiger partial charge on any atom is 0.323 e. The standard InChI is InChI=1S/C24H33N5O2/c1-3-5-14-25-24(31)29-17-15-28(16-18-29)21-12-10-20(11-13-21)26-23(30)27-22-9-7-6-8-19(22)4-2/h6-13H,3-5,14-18H2,1-2H3,(H,25,31)(H2,26,27,30). The normalized spacial score (nSPS) is 13.6. The summed E-state index contributed by atoms with van der Waals surface area (Å²) in [5.74, 6) is 0. The van der Waals surface area contributed by atoms with Gasteiger partial charge in [-0.05, 0) is 48.7 Å². The molecule has 0 aromatic heterocycles. The van der Waals surface area contributed by atoms with Gasteiger partial charge in [0.15, 0.2) is 0 Å². The van der Waals surface area contributed by atoms with Crippen molar-refractivity contribution in [3.63, 3.8) is 0 Å². The third-order valence-corrected chi connectivity index (χ3v) is 5.51. The summed E-state index contributed by atoms with van der Waals surface area (Å²) in [6, 6.07) is 15.4. The smallest absolute Gasteiger partial charge is 0.323 e. The second kappa shape index (κ2) is 11.2. The molecule has 1 aliphatic rings. The van der Waals surface area contributed by atoms with E-state index < -0.39 is 0 Å². The molecule has 4 amide bonds. The summed E-state index contributed by atoms with van der Waals surface area (Å²) in [5, 5.41) is 8.79. The van der Waals surface area contributed by atoms with Crippen molar-refractivity contribution in [3.8, 4) is 0 Å². The van der Waals surface area contributed by atoms with E-state index in [0.717, 1.165) is 61.5 Å². The maximum absolute atomic E-state index is 12.4. The van der Waals surface area contributed by atoms with E-state index in [4.69, 9.17) is 0 Å². The highest BCUT2D eigenvalue weighted by molar-refractivity contribution is 6.00. The number of unbranched alkanes of at least 4 members (excludes halogenated alkanes) is 1. The van der Waals surface area contributed by atoms with Crippen LogP contribution >= 0.6 is 0 Å². The summed E-state index contributed by atoms with van der Waals surface area (Å²) in [7, 11) is 0. The first kappa shape index (κ1) is 22.5. The molecule has 0 atom stereocenters. The maximum atomic E-state index is 12.4. The number of hydrogen-bond donors (Lipinski definition) is 3. The van der Waals surface area contributed by atoms with E-state index in [1.165, 1.54) is 0 Å². The van der Waals surface area contributed by atoms with E-state index in [-0.39, 0.29) is 12.1 Å². The zero-order chi connectivity index (χ0) is 22.1. The number of benzene rings is 2. The van der Waals surface area contributed by atoms with Crippen LogP contribution in [0.5, 0.6) is 0 Å². The number of hydrogen-bond acceptors (Lipinski definition) is 3. The van der Waals surface area contributed by atoms with Gasteiger partial charge >= 0.3 is 12.1 Å². The number of aryl methyl sites for hydroxylation is 1. The zero-order valence-electron chi connectivity index (χ0n) is 18.5. The molecule has 31 heavy (non-hydrogen) atoms. The number of amides is 4. The molecule has 0 spiro atoms. The molecule has 166 valence electrons. The van der Waals surface area contributed by atoms with Gasteiger partial charge in [-0.2, -0.15) is 0 Å². The van der Waals surface area contributed by atoms with Gasteiger partial charge in [-0.15, -0.1) is 0 Å². The molecule has 0 bridgehead atoms. The topological polar surface area (TPSA) is 76.7 Å². The number of urea groups is 2. The predicted molar refractivity (Wildman–Crippen MR) is 127 cm³/mol. The second-order valence-electron chi connectivity index (χ2n) is 7.70. The summed E-state index contributed by atoms with van der Waals surface area (Å²) >= 11 is 0. The fourth-order valence-electron chi connectivity index (χ4n) is 3.64. The molecule has 7 heteroatoms. The fraction of sp³-hybridized carbons (Fsp3) is 0.417. The fourth-order valence-corrected chi connectivity index (χ4v) is 3.64. The Hall–Kier alpha value is -3.22. The van der Waals surface area contributed by atoms with Gasteiger partial charge in [-0.25, -0.2) is 9.59 Å². The molecule has 1 saturated heterocycles. The van der Waals surface area contributed by atoms with E-state index in [0.29, 0.717) is 13.1 Å². The lowest BCUT2D eigenvalue weighted by atomic mass is 10.1. The van der Waals surface area contributed by atoms with Gasteiger partial charge in [0.2, 0.25) is 0 Å². The average Bonchev–Trinajstić information content (AvgIpc) is 2.80. The zero-order valence-corrected chi connectivity index (χ0v) is 18.5. The van der Waals surface area contributed by atoms with Gasteiger partial charge in [0.05, 0.1) is 0 Å². The van der Waals surface area contributed by atoms with Crippen LogP contribution in [0.15, 0.2) is 48.5 Å². The third-order valence-electron chi connectivity index (χ3n) is 5.51. The highest BCUT2D eigenvalue weighted by Crippen LogP contribution is 2.20. The Morgan fingerprint density at radius 2 is 1.61 bits per heavy atom. The van der Waals surface area contributed by atoms with Crippen molar-refractivity contribution >= 4 is 29.1 Å². The van der Waals surface area contributed by atoms with E-state index >= 15 is 0 Å². The summed E-state index contributed by atoms with van der Waals surface area (Å²) in [6.07, 6.45) is 2.95. The number of rotatable bonds is 7. The highest BCUT2D eigenvalue weighted by atomic mass is 16.2. The summed E-state index contributed by atoms with van der Waals surface area (Å²) in [4.78, 5) is 28.7. The number of carbonyl (C=O) groups is 2. The van der Waals surface area contributed by atoms with Crippen molar-refractivity contribution in [1.29, 1.82) is 0 Å². The lowest BCUT2D eigenvalue weighted by Gasteiger charge is -2.36. The predicted octanol–water partition coefficient (Wildman–Crippen LogP) is 4.52. The van der Waals surface area contributed by atoms with Crippen LogP contribution in [0.2, 0.25) is 0 Å². The monoisotopic (exact) mass is 423 g/mol. The minimum absolute atomic E-state index is 0.0308. The number of nitrogens with zero attached hydrogens (tertiary/aromatic N) is 2. The number of carbonyl (C=O) groups excluding carboxylic acids is 2. The molecule has 7 nitrogen and oxygen atoms in total. The number of anilines is 3. The van der Waals surface area contributed by atoms with Crippen molar-refractivity contribution in [1.82, 2.24) is 10.2 Å². The van der Waals surface area contributed by atoms with Crippen LogP contribution in [-0.2, 0) is 6.42 Å². The molecule has 3 N–H and O–H groups in total. The SMILES string of the molecule is CCCCNC(=O)N1CCN(c2ccc(NC(=O)Nc3ccccc3CC)cc2)CC1. The lowest BCUT2D eigenvalue weighted by Crippen LogP contribution is -2.52. The van der Waals surface area contributed by atoms with Crippen molar-refractivity contribution < 1.29 is 9.59 Å². The van der Waals surface area contributed by atoms with Crippen LogP contribution in [0.3, 0.4) is 0 Å². The minimum Gasteiger partial charge on any atom is -0.368 e. The molecular weight excluding hydrogens is 390 g/mol. The Bertz CT molecular complexity index is 861. The Morgan fingerprint density at radius 3 is 2.29 bits per heavy atom. The Balaban J connectivity index is 1.48. The molecule has 1 fully saturated rings. The molecule has 3 rings (SSSR count). The molecule has 0 unspecified atom stereocenters. The van der Waals surface area contributed by atoms with Crippen LogP contribution in [0, 0.1) is 0 Å². The van der Waals surface area contributed by atoms with Crippen molar-refractivity contribution in [2.45, 2.75) is 33.1 Å². The minimum atomic E-state index is -0.253. The van der Waals surface area contributed by atoms with Gasteiger partial charge in [-0.1, -0.05) is 38.5 Å². The molecule has 1 aliphatic heterocycles. The van der Waals surface area contributed by atoms with Crippen LogP contribution in [-0.4, -0.2) is 49.7 Å². The molecule has 0 saturated carbocycles. The van der Waals surface area contributed by atoms with Crippen molar-refractivity contribution in [2.75, 3.05) is 48.3 Å². The molecule has 0 radical (unpaired) electrons. The first-order chi connectivity index (χ1) is 15.1. The lowest BCUT2D eigenvalue weighted by molar-refractivity contribution is 0.194. The Morgan fingerprint density at radius 1 is 0.903 bits per heavy atom. The first-order valence-corrected chi connectivity index (χ1v) is 11.1. The number of piperazine rings is 1.